The minimum absolute atomic E-state index is 0.0468. The summed E-state index contributed by atoms with van der Waals surface area (Å²) < 4.78 is 31.2. The van der Waals surface area contributed by atoms with Gasteiger partial charge in [0.05, 0.1) is 32.1 Å². The first kappa shape index (κ1) is 13.8. The summed E-state index contributed by atoms with van der Waals surface area (Å²) in [6.45, 7) is 0.809. The second kappa shape index (κ2) is 6.00. The molecule has 0 spiro atoms. The summed E-state index contributed by atoms with van der Waals surface area (Å²) in [5.74, 6) is 0.172. The van der Waals surface area contributed by atoms with Gasteiger partial charge in [-0.3, -0.25) is 0 Å². The number of nitrogens with one attached hydrogen (secondary N) is 2. The predicted molar refractivity (Wildman–Crippen MR) is 70.6 cm³/mol. The van der Waals surface area contributed by atoms with Crippen LogP contribution in [0.3, 0.4) is 0 Å². The van der Waals surface area contributed by atoms with Crippen molar-refractivity contribution in [2.24, 2.45) is 4.99 Å². The Balaban J connectivity index is 2.06. The normalized spacial score (nSPS) is 18.5. The van der Waals surface area contributed by atoms with Crippen molar-refractivity contribution >= 4 is 21.7 Å². The Morgan fingerprint density at radius 1 is 1.26 bits per heavy atom. The third-order valence-corrected chi connectivity index (χ3v) is 3.80. The Morgan fingerprint density at radius 2 is 2.05 bits per heavy atom. The van der Waals surface area contributed by atoms with Crippen molar-refractivity contribution in [2.45, 2.75) is 4.90 Å². The lowest BCUT2D eigenvalue weighted by Gasteiger charge is -2.21. The van der Waals surface area contributed by atoms with E-state index in [2.05, 4.69) is 15.0 Å². The number of hydrogen-bond acceptors (Lipinski definition) is 5. The van der Waals surface area contributed by atoms with E-state index in [0.29, 0.717) is 18.8 Å². The lowest BCUT2D eigenvalue weighted by molar-refractivity contribution is 0.0978. The molecular weight excluding hydrogens is 270 g/mol. The molecule has 1 aliphatic heterocycles. The molecule has 3 N–H and O–H groups in total. The van der Waals surface area contributed by atoms with Gasteiger partial charge in [0.15, 0.2) is 0 Å². The van der Waals surface area contributed by atoms with Gasteiger partial charge in [-0.2, -0.15) is 0 Å². The van der Waals surface area contributed by atoms with Crippen molar-refractivity contribution in [2.75, 3.05) is 31.7 Å². The molecule has 19 heavy (non-hydrogen) atoms. The zero-order chi connectivity index (χ0) is 13.7. The fourth-order valence-electron chi connectivity index (χ4n) is 1.60. The number of sulfonamides is 1. The van der Waals surface area contributed by atoms with Gasteiger partial charge in [-0.15, -0.1) is 0 Å². The largest absolute Gasteiger partial charge is 0.394 e. The maximum atomic E-state index is 11.9. The van der Waals surface area contributed by atoms with Crippen LogP contribution in [0.25, 0.3) is 0 Å². The molecule has 0 unspecified atom stereocenters. The molecule has 0 fully saturated rings. The first-order valence-corrected chi connectivity index (χ1v) is 7.24. The molecule has 1 aromatic rings. The minimum Gasteiger partial charge on any atom is -0.394 e. The van der Waals surface area contributed by atoms with Crippen molar-refractivity contribution in [1.29, 1.82) is 0 Å². The summed E-state index contributed by atoms with van der Waals surface area (Å²) >= 11 is 0. The Hall–Kier alpha value is -1.64. The molecule has 0 saturated heterocycles. The molecule has 2 rings (SSSR count). The number of fused-ring (bicyclic) bond motifs is 1. The summed E-state index contributed by atoms with van der Waals surface area (Å²) in [6, 6.07) is 6.59. The van der Waals surface area contributed by atoms with Crippen molar-refractivity contribution in [3.63, 3.8) is 0 Å². The SMILES string of the molecule is O=S1(=O)NC(=NCCOCCO)Nc2ccccc21. The second-order valence-electron chi connectivity index (χ2n) is 3.79. The lowest BCUT2D eigenvalue weighted by atomic mass is 10.3. The van der Waals surface area contributed by atoms with E-state index in [1.54, 1.807) is 18.2 Å². The Labute approximate surface area is 111 Å². The lowest BCUT2D eigenvalue weighted by Crippen LogP contribution is -2.40. The number of rotatable bonds is 5. The van der Waals surface area contributed by atoms with Crippen LogP contribution in [-0.2, 0) is 14.8 Å². The Kier molecular flexibility index (Phi) is 4.35. The number of benzene rings is 1. The predicted octanol–water partition coefficient (Wildman–Crippen LogP) is -0.245. The number of ether oxygens (including phenoxy) is 1. The van der Waals surface area contributed by atoms with Gasteiger partial charge in [0.1, 0.15) is 4.90 Å². The summed E-state index contributed by atoms with van der Waals surface area (Å²) in [5, 5.41) is 11.4. The number of guanidine groups is 1. The molecule has 7 nitrogen and oxygen atoms in total. The van der Waals surface area contributed by atoms with Crippen LogP contribution in [0, 0.1) is 0 Å². The summed E-state index contributed by atoms with van der Waals surface area (Å²) in [7, 11) is -3.56. The minimum atomic E-state index is -3.56. The van der Waals surface area contributed by atoms with Crippen molar-refractivity contribution in [1.82, 2.24) is 4.72 Å². The number of aliphatic imine (C=N–C) groups is 1. The molecule has 0 atom stereocenters. The molecule has 0 radical (unpaired) electrons. The van der Waals surface area contributed by atoms with E-state index >= 15 is 0 Å². The van der Waals surface area contributed by atoms with E-state index < -0.39 is 10.0 Å². The highest BCUT2D eigenvalue weighted by Crippen LogP contribution is 2.23. The van der Waals surface area contributed by atoms with Crippen LogP contribution in [0.5, 0.6) is 0 Å². The number of para-hydroxylation sites is 1. The van der Waals surface area contributed by atoms with Crippen LogP contribution in [0.1, 0.15) is 0 Å². The monoisotopic (exact) mass is 285 g/mol. The maximum absolute atomic E-state index is 11.9. The van der Waals surface area contributed by atoms with Gasteiger partial charge in [-0.05, 0) is 12.1 Å². The molecule has 0 saturated carbocycles. The molecule has 1 heterocycles. The maximum Gasteiger partial charge on any atom is 0.266 e. The van der Waals surface area contributed by atoms with E-state index in [9.17, 15) is 8.42 Å². The van der Waals surface area contributed by atoms with E-state index in [1.165, 1.54) is 6.07 Å². The van der Waals surface area contributed by atoms with E-state index in [-0.39, 0.29) is 24.1 Å². The van der Waals surface area contributed by atoms with Crippen LogP contribution in [0.4, 0.5) is 5.69 Å². The van der Waals surface area contributed by atoms with Gasteiger partial charge < -0.3 is 15.2 Å². The molecule has 1 aromatic carbocycles. The van der Waals surface area contributed by atoms with Gasteiger partial charge in [0, 0.05) is 0 Å². The average molecular weight is 285 g/mol. The summed E-state index contributed by atoms with van der Waals surface area (Å²) in [6.07, 6.45) is 0. The zero-order valence-electron chi connectivity index (χ0n) is 10.2. The van der Waals surface area contributed by atoms with Crippen LogP contribution in [0.15, 0.2) is 34.2 Å². The van der Waals surface area contributed by atoms with Gasteiger partial charge >= 0.3 is 0 Å². The zero-order valence-corrected chi connectivity index (χ0v) is 11.0. The summed E-state index contributed by atoms with van der Waals surface area (Å²) in [5.41, 5.74) is 0.497. The molecule has 0 aromatic heterocycles. The standard InChI is InChI=1S/C11H15N3O4S/c15-6-8-18-7-5-12-11-13-9-3-1-2-4-10(9)19(16,17)14-11/h1-4,15H,5-8H2,(H2,12,13,14). The van der Waals surface area contributed by atoms with Crippen molar-refractivity contribution in [3.05, 3.63) is 24.3 Å². The molecule has 0 bridgehead atoms. The number of nitrogens with zero attached hydrogens (tertiary/aromatic N) is 1. The molecule has 0 aliphatic carbocycles. The van der Waals surface area contributed by atoms with Gasteiger partial charge in [0.25, 0.3) is 10.0 Å². The average Bonchev–Trinajstić information content (AvgIpc) is 2.38. The second-order valence-corrected chi connectivity index (χ2v) is 5.44. The van der Waals surface area contributed by atoms with Gasteiger partial charge in [-0.1, -0.05) is 12.1 Å². The highest BCUT2D eigenvalue weighted by atomic mass is 32.2. The number of aliphatic hydroxyl groups excluding tert-OH is 1. The molecule has 1 aliphatic rings. The van der Waals surface area contributed by atoms with Crippen molar-refractivity contribution < 1.29 is 18.3 Å². The van der Waals surface area contributed by atoms with Crippen LogP contribution in [0.2, 0.25) is 0 Å². The van der Waals surface area contributed by atoms with Crippen LogP contribution in [-0.4, -0.2) is 45.8 Å². The van der Waals surface area contributed by atoms with Gasteiger partial charge in [0.2, 0.25) is 5.96 Å². The number of hydrogen-bond donors (Lipinski definition) is 3. The molecular formula is C11H15N3O4S. The quantitative estimate of drug-likeness (QED) is 0.648. The van der Waals surface area contributed by atoms with Crippen LogP contribution < -0.4 is 10.0 Å². The van der Waals surface area contributed by atoms with Crippen molar-refractivity contribution in [3.8, 4) is 0 Å². The van der Waals surface area contributed by atoms with E-state index in [1.807, 2.05) is 0 Å². The van der Waals surface area contributed by atoms with E-state index in [0.717, 1.165) is 0 Å². The third-order valence-electron chi connectivity index (χ3n) is 2.40. The fourth-order valence-corrected chi connectivity index (χ4v) is 2.75. The smallest absolute Gasteiger partial charge is 0.266 e. The summed E-state index contributed by atoms with van der Waals surface area (Å²) in [4.78, 5) is 4.26. The molecule has 104 valence electrons. The highest BCUT2D eigenvalue weighted by molar-refractivity contribution is 7.90. The molecule has 0 amide bonds. The number of aliphatic hydroxyl groups is 1. The van der Waals surface area contributed by atoms with Crippen LogP contribution >= 0.6 is 0 Å². The van der Waals surface area contributed by atoms with E-state index in [4.69, 9.17) is 9.84 Å². The Morgan fingerprint density at radius 3 is 2.84 bits per heavy atom. The number of anilines is 1. The fraction of sp³-hybridized carbons (Fsp3) is 0.364. The molecule has 8 heteroatoms. The topological polar surface area (TPSA) is 100 Å². The Bertz CT molecular complexity index is 571. The van der Waals surface area contributed by atoms with Gasteiger partial charge in [-0.25, -0.2) is 18.1 Å². The first-order valence-electron chi connectivity index (χ1n) is 5.75. The first-order chi connectivity index (χ1) is 9.13. The highest BCUT2D eigenvalue weighted by Gasteiger charge is 2.25. The third kappa shape index (κ3) is 3.43.